The van der Waals surface area contributed by atoms with E-state index in [-0.39, 0.29) is 5.91 Å². The third-order valence-corrected chi connectivity index (χ3v) is 4.65. The summed E-state index contributed by atoms with van der Waals surface area (Å²) in [7, 11) is 0. The minimum absolute atomic E-state index is 0.224. The number of carbonyl (C=O) groups is 1. The average molecular weight is 303 g/mol. The van der Waals surface area contributed by atoms with Crippen molar-refractivity contribution in [3.05, 3.63) is 29.8 Å². The number of hydrogen-bond donors (Lipinski definition) is 0. The Kier molecular flexibility index (Phi) is 4.67. The highest BCUT2D eigenvalue weighted by Gasteiger charge is 2.38. The van der Waals surface area contributed by atoms with Gasteiger partial charge in [0, 0.05) is 19.0 Å². The van der Waals surface area contributed by atoms with E-state index in [9.17, 15) is 4.79 Å². The van der Waals surface area contributed by atoms with Gasteiger partial charge in [0.1, 0.15) is 5.75 Å². The van der Waals surface area contributed by atoms with Gasteiger partial charge in [-0.2, -0.15) is 0 Å². The maximum atomic E-state index is 12.5. The zero-order chi connectivity index (χ0) is 15.5. The molecule has 0 spiro atoms. The fourth-order valence-electron chi connectivity index (χ4n) is 3.58. The van der Waals surface area contributed by atoms with E-state index in [2.05, 4.69) is 6.92 Å². The zero-order valence-corrected chi connectivity index (χ0v) is 13.5. The fourth-order valence-corrected chi connectivity index (χ4v) is 3.58. The van der Waals surface area contributed by atoms with E-state index < -0.39 is 0 Å². The average Bonchev–Trinajstić information content (AvgIpc) is 2.88. The Balaban J connectivity index is 1.55. The minimum atomic E-state index is 0.224. The maximum absolute atomic E-state index is 12.5. The Labute approximate surface area is 132 Å². The number of likely N-dealkylation sites (tertiary alicyclic amines) is 1. The summed E-state index contributed by atoms with van der Waals surface area (Å²) < 4.78 is 11.3. The summed E-state index contributed by atoms with van der Waals surface area (Å²) in [5.74, 6) is 1.60. The molecule has 1 amide bonds. The normalized spacial score (nSPS) is 27.5. The Morgan fingerprint density at radius 1 is 1.36 bits per heavy atom. The number of rotatable bonds is 4. The van der Waals surface area contributed by atoms with Crippen molar-refractivity contribution < 1.29 is 14.3 Å². The van der Waals surface area contributed by atoms with E-state index in [0.29, 0.717) is 31.2 Å². The predicted octanol–water partition coefficient (Wildman–Crippen LogP) is 2.65. The lowest BCUT2D eigenvalue weighted by Gasteiger charge is -2.34. The van der Waals surface area contributed by atoms with Crippen molar-refractivity contribution in [2.75, 3.05) is 19.7 Å². The number of carbonyl (C=O) groups excluding carboxylic acids is 1. The molecule has 1 aromatic carbocycles. The number of nitrogens with zero attached hydrogens (tertiary/aromatic N) is 1. The monoisotopic (exact) mass is 303 g/mol. The van der Waals surface area contributed by atoms with Gasteiger partial charge in [0.2, 0.25) is 5.91 Å². The molecular formula is C18H25NO3. The quantitative estimate of drug-likeness (QED) is 0.858. The number of benzene rings is 1. The number of fused-ring (bicyclic) bond motifs is 1. The van der Waals surface area contributed by atoms with Crippen molar-refractivity contribution in [2.45, 2.75) is 45.3 Å². The van der Waals surface area contributed by atoms with E-state index in [1.807, 2.05) is 36.1 Å². The van der Waals surface area contributed by atoms with Gasteiger partial charge in [-0.25, -0.2) is 0 Å². The molecule has 0 unspecified atom stereocenters. The fraction of sp³-hybridized carbons (Fsp3) is 0.611. The third-order valence-electron chi connectivity index (χ3n) is 4.65. The SMILES string of the molecule is CCOc1ccc(CC(=O)N2CC[C@H]3O[C@H](C)C[C@@H]3C2)cc1. The van der Waals surface area contributed by atoms with Crippen LogP contribution in [-0.4, -0.2) is 42.7 Å². The summed E-state index contributed by atoms with van der Waals surface area (Å²) in [5.41, 5.74) is 1.05. The van der Waals surface area contributed by atoms with Crippen LogP contribution in [0.2, 0.25) is 0 Å². The zero-order valence-electron chi connectivity index (χ0n) is 13.5. The molecule has 120 valence electrons. The van der Waals surface area contributed by atoms with Crippen LogP contribution in [0.3, 0.4) is 0 Å². The lowest BCUT2D eigenvalue weighted by Crippen LogP contribution is -2.45. The van der Waals surface area contributed by atoms with E-state index in [0.717, 1.165) is 37.2 Å². The van der Waals surface area contributed by atoms with Crippen LogP contribution in [0, 0.1) is 5.92 Å². The van der Waals surface area contributed by atoms with Gasteiger partial charge in [0.15, 0.2) is 0 Å². The van der Waals surface area contributed by atoms with Crippen molar-refractivity contribution in [1.82, 2.24) is 4.90 Å². The van der Waals surface area contributed by atoms with E-state index in [1.54, 1.807) is 0 Å². The molecule has 0 aliphatic carbocycles. The van der Waals surface area contributed by atoms with Crippen LogP contribution in [0.4, 0.5) is 0 Å². The van der Waals surface area contributed by atoms with Crippen molar-refractivity contribution in [3.8, 4) is 5.75 Å². The molecule has 2 fully saturated rings. The second-order valence-corrected chi connectivity index (χ2v) is 6.36. The Bertz CT molecular complexity index is 514. The molecule has 22 heavy (non-hydrogen) atoms. The molecular weight excluding hydrogens is 278 g/mol. The van der Waals surface area contributed by atoms with Gasteiger partial charge in [-0.3, -0.25) is 4.79 Å². The molecule has 0 aromatic heterocycles. The number of hydrogen-bond acceptors (Lipinski definition) is 3. The van der Waals surface area contributed by atoms with Crippen molar-refractivity contribution >= 4 is 5.91 Å². The van der Waals surface area contributed by atoms with Gasteiger partial charge in [-0.15, -0.1) is 0 Å². The number of ether oxygens (including phenoxy) is 2. The highest BCUT2D eigenvalue weighted by atomic mass is 16.5. The van der Waals surface area contributed by atoms with E-state index in [4.69, 9.17) is 9.47 Å². The van der Waals surface area contributed by atoms with Crippen molar-refractivity contribution in [1.29, 1.82) is 0 Å². The summed E-state index contributed by atoms with van der Waals surface area (Å²) >= 11 is 0. The van der Waals surface area contributed by atoms with E-state index >= 15 is 0 Å². The first-order chi connectivity index (χ1) is 10.7. The number of piperidine rings is 1. The first-order valence-corrected chi connectivity index (χ1v) is 8.30. The van der Waals surface area contributed by atoms with Crippen LogP contribution in [-0.2, 0) is 16.0 Å². The predicted molar refractivity (Wildman–Crippen MR) is 85.0 cm³/mol. The molecule has 1 aromatic rings. The molecule has 3 rings (SSSR count). The van der Waals surface area contributed by atoms with Gasteiger partial charge in [0.25, 0.3) is 0 Å². The molecule has 0 bridgehead atoms. The molecule has 2 heterocycles. The summed E-state index contributed by atoms with van der Waals surface area (Å²) in [4.78, 5) is 14.5. The van der Waals surface area contributed by atoms with Gasteiger partial charge < -0.3 is 14.4 Å². The molecule has 0 saturated carbocycles. The summed E-state index contributed by atoms with van der Waals surface area (Å²) in [6.07, 6.45) is 3.24. The van der Waals surface area contributed by atoms with Crippen molar-refractivity contribution in [3.63, 3.8) is 0 Å². The lowest BCUT2D eigenvalue weighted by atomic mass is 9.92. The topological polar surface area (TPSA) is 38.8 Å². The van der Waals surface area contributed by atoms with Gasteiger partial charge >= 0.3 is 0 Å². The first kappa shape index (κ1) is 15.3. The molecule has 2 saturated heterocycles. The Morgan fingerprint density at radius 2 is 2.14 bits per heavy atom. The maximum Gasteiger partial charge on any atom is 0.227 e. The van der Waals surface area contributed by atoms with Crippen LogP contribution in [0.1, 0.15) is 32.3 Å². The highest BCUT2D eigenvalue weighted by molar-refractivity contribution is 5.79. The minimum Gasteiger partial charge on any atom is -0.494 e. The standard InChI is InChI=1S/C18H25NO3/c1-3-21-16-6-4-14(5-7-16)11-18(20)19-9-8-17-15(12-19)10-13(2)22-17/h4-7,13,15,17H,3,8-12H2,1-2H3/t13-,15-,17-/m1/s1. The van der Waals surface area contributed by atoms with Crippen LogP contribution in [0.5, 0.6) is 5.75 Å². The van der Waals surface area contributed by atoms with Gasteiger partial charge in [0.05, 0.1) is 25.2 Å². The molecule has 2 aliphatic rings. The second-order valence-electron chi connectivity index (χ2n) is 6.36. The molecule has 3 atom stereocenters. The van der Waals surface area contributed by atoms with Crippen LogP contribution >= 0.6 is 0 Å². The smallest absolute Gasteiger partial charge is 0.227 e. The molecule has 0 radical (unpaired) electrons. The molecule has 4 nitrogen and oxygen atoms in total. The number of amides is 1. The molecule has 0 N–H and O–H groups in total. The summed E-state index contributed by atoms with van der Waals surface area (Å²) in [5, 5.41) is 0. The van der Waals surface area contributed by atoms with Crippen LogP contribution in [0.15, 0.2) is 24.3 Å². The third kappa shape index (κ3) is 3.43. The molecule has 4 heteroatoms. The molecule has 2 aliphatic heterocycles. The summed E-state index contributed by atoms with van der Waals surface area (Å²) in [6.45, 7) is 6.43. The highest BCUT2D eigenvalue weighted by Crippen LogP contribution is 2.32. The van der Waals surface area contributed by atoms with Crippen LogP contribution in [0.25, 0.3) is 0 Å². The van der Waals surface area contributed by atoms with Crippen molar-refractivity contribution in [2.24, 2.45) is 5.92 Å². The second kappa shape index (κ2) is 6.69. The largest absolute Gasteiger partial charge is 0.494 e. The Hall–Kier alpha value is -1.55. The van der Waals surface area contributed by atoms with E-state index in [1.165, 1.54) is 0 Å². The first-order valence-electron chi connectivity index (χ1n) is 8.30. The van der Waals surface area contributed by atoms with Gasteiger partial charge in [-0.1, -0.05) is 12.1 Å². The van der Waals surface area contributed by atoms with Crippen LogP contribution < -0.4 is 4.74 Å². The Morgan fingerprint density at radius 3 is 2.86 bits per heavy atom. The van der Waals surface area contributed by atoms with Gasteiger partial charge in [-0.05, 0) is 44.4 Å². The summed E-state index contributed by atoms with van der Waals surface area (Å²) in [6, 6.07) is 7.84. The lowest BCUT2D eigenvalue weighted by molar-refractivity contribution is -0.133.